The van der Waals surface area contributed by atoms with E-state index in [2.05, 4.69) is 4.98 Å². The molecule has 0 radical (unpaired) electrons. The van der Waals surface area contributed by atoms with Crippen LogP contribution < -0.4 is 10.3 Å². The van der Waals surface area contributed by atoms with Crippen molar-refractivity contribution in [3.05, 3.63) is 57.0 Å². The van der Waals surface area contributed by atoms with Gasteiger partial charge in [-0.2, -0.15) is 0 Å². The van der Waals surface area contributed by atoms with Crippen LogP contribution in [0.2, 0.25) is 0 Å². The molecule has 26 heavy (non-hydrogen) atoms. The minimum Gasteiger partial charge on any atom is -0.287 e. The fourth-order valence-corrected chi connectivity index (χ4v) is 4.42. The topological polar surface area (TPSA) is 98.1 Å². The Bertz CT molecular complexity index is 1160. The van der Waals surface area contributed by atoms with Crippen LogP contribution in [-0.2, 0) is 21.4 Å². The molecular weight excluding hydrogens is 374 g/mol. The van der Waals surface area contributed by atoms with Gasteiger partial charge in [-0.05, 0) is 39.0 Å². The zero-order valence-electron chi connectivity index (χ0n) is 14.4. The summed E-state index contributed by atoms with van der Waals surface area (Å²) in [4.78, 5) is 30.7. The predicted molar refractivity (Wildman–Crippen MR) is 99.9 cm³/mol. The highest BCUT2D eigenvalue weighted by Gasteiger charge is 2.19. The first-order valence-corrected chi connectivity index (χ1v) is 10.1. The summed E-state index contributed by atoms with van der Waals surface area (Å²) in [7, 11) is -3.99. The van der Waals surface area contributed by atoms with Crippen molar-refractivity contribution in [3.8, 4) is 0 Å². The number of carbonyl (C=O) groups excluding carboxylic acids is 1. The first-order chi connectivity index (χ1) is 12.2. The summed E-state index contributed by atoms with van der Waals surface area (Å²) in [6.07, 6.45) is 0. The molecule has 2 aromatic heterocycles. The van der Waals surface area contributed by atoms with Crippen LogP contribution in [0.1, 0.15) is 16.3 Å². The van der Waals surface area contributed by atoms with Crippen molar-refractivity contribution >= 4 is 37.5 Å². The molecule has 0 fully saturated rings. The van der Waals surface area contributed by atoms with E-state index in [1.165, 1.54) is 28.0 Å². The fourth-order valence-electron chi connectivity index (χ4n) is 2.53. The van der Waals surface area contributed by atoms with Gasteiger partial charge in [0.25, 0.3) is 21.5 Å². The largest absolute Gasteiger partial charge is 0.287 e. The second-order valence-corrected chi connectivity index (χ2v) is 8.89. The summed E-state index contributed by atoms with van der Waals surface area (Å²) >= 11 is 1.40. The Morgan fingerprint density at radius 2 is 1.85 bits per heavy atom. The number of hydrogen-bond donors (Lipinski definition) is 1. The third kappa shape index (κ3) is 3.54. The molecule has 0 bridgehead atoms. The highest BCUT2D eigenvalue weighted by atomic mass is 32.2. The van der Waals surface area contributed by atoms with Crippen LogP contribution >= 0.6 is 11.3 Å². The lowest BCUT2D eigenvalue weighted by atomic mass is 10.2. The molecule has 136 valence electrons. The molecule has 0 spiro atoms. The van der Waals surface area contributed by atoms with Gasteiger partial charge in [-0.15, -0.1) is 11.3 Å². The van der Waals surface area contributed by atoms with E-state index in [0.717, 1.165) is 10.4 Å². The number of nitrogens with one attached hydrogen (secondary N) is 1. The standard InChI is InChI=1S/C17H17N3O4S2/c1-10-4-6-13(7-5-10)26(23,24)19-15(21)9-20-12(3)18-16-14(17(20)22)8-11(2)25-16/h4-8H,9H2,1-3H3,(H,19,21). The van der Waals surface area contributed by atoms with E-state index in [9.17, 15) is 18.0 Å². The van der Waals surface area contributed by atoms with Crippen LogP contribution in [0, 0.1) is 20.8 Å². The van der Waals surface area contributed by atoms with Gasteiger partial charge < -0.3 is 0 Å². The number of sulfonamides is 1. The average Bonchev–Trinajstić information content (AvgIpc) is 2.92. The molecule has 3 aromatic rings. The van der Waals surface area contributed by atoms with Crippen LogP contribution in [0.3, 0.4) is 0 Å². The number of aryl methyl sites for hydroxylation is 3. The highest BCUT2D eigenvalue weighted by Crippen LogP contribution is 2.20. The number of carbonyl (C=O) groups is 1. The van der Waals surface area contributed by atoms with Crippen LogP contribution in [0.25, 0.3) is 10.2 Å². The lowest BCUT2D eigenvalue weighted by molar-refractivity contribution is -0.120. The molecule has 7 nitrogen and oxygen atoms in total. The van der Waals surface area contributed by atoms with E-state index in [4.69, 9.17) is 0 Å². The number of aromatic nitrogens is 2. The highest BCUT2D eigenvalue weighted by molar-refractivity contribution is 7.90. The molecule has 0 aliphatic carbocycles. The van der Waals surface area contributed by atoms with E-state index >= 15 is 0 Å². The molecule has 1 aromatic carbocycles. The Hall–Kier alpha value is -2.52. The molecule has 0 aliphatic heterocycles. The first-order valence-electron chi connectivity index (χ1n) is 7.77. The van der Waals surface area contributed by atoms with Crippen molar-refractivity contribution in [1.29, 1.82) is 0 Å². The van der Waals surface area contributed by atoms with Crippen molar-refractivity contribution in [2.45, 2.75) is 32.2 Å². The van der Waals surface area contributed by atoms with E-state index < -0.39 is 22.5 Å². The van der Waals surface area contributed by atoms with Gasteiger partial charge in [0.05, 0.1) is 10.3 Å². The lowest BCUT2D eigenvalue weighted by Gasteiger charge is -2.10. The molecule has 9 heteroatoms. The summed E-state index contributed by atoms with van der Waals surface area (Å²) in [5.41, 5.74) is 0.544. The Kier molecular flexibility index (Phi) is 4.68. The van der Waals surface area contributed by atoms with Gasteiger partial charge in [0.1, 0.15) is 17.2 Å². The van der Waals surface area contributed by atoms with E-state index in [-0.39, 0.29) is 10.5 Å². The number of hydrogen-bond acceptors (Lipinski definition) is 6. The molecule has 1 amide bonds. The molecule has 2 heterocycles. The van der Waals surface area contributed by atoms with Gasteiger partial charge in [-0.3, -0.25) is 14.2 Å². The van der Waals surface area contributed by atoms with Gasteiger partial charge in [-0.1, -0.05) is 17.7 Å². The number of thiophene rings is 1. The summed E-state index contributed by atoms with van der Waals surface area (Å²) < 4.78 is 27.8. The molecule has 0 saturated heterocycles. The van der Waals surface area contributed by atoms with E-state index in [1.54, 1.807) is 25.1 Å². The van der Waals surface area contributed by atoms with Crippen molar-refractivity contribution in [3.63, 3.8) is 0 Å². The molecule has 0 unspecified atom stereocenters. The Morgan fingerprint density at radius 3 is 2.50 bits per heavy atom. The van der Waals surface area contributed by atoms with Gasteiger partial charge >= 0.3 is 0 Å². The third-order valence-corrected chi connectivity index (χ3v) is 6.18. The van der Waals surface area contributed by atoms with Gasteiger partial charge in [0.2, 0.25) is 0 Å². The Labute approximate surface area is 154 Å². The number of fused-ring (bicyclic) bond motifs is 1. The maximum absolute atomic E-state index is 12.6. The number of rotatable bonds is 4. The molecule has 0 saturated carbocycles. The fraction of sp³-hybridized carbons (Fsp3) is 0.235. The number of benzene rings is 1. The summed E-state index contributed by atoms with van der Waals surface area (Å²) in [5.74, 6) is -0.448. The van der Waals surface area contributed by atoms with Crippen molar-refractivity contribution in [1.82, 2.24) is 14.3 Å². The Balaban J connectivity index is 1.87. The number of nitrogens with zero attached hydrogens (tertiary/aromatic N) is 2. The SMILES string of the molecule is Cc1ccc(S(=O)(=O)NC(=O)Cn2c(C)nc3sc(C)cc3c2=O)cc1. The minimum atomic E-state index is -3.99. The molecule has 0 aliphatic rings. The minimum absolute atomic E-state index is 0.0115. The summed E-state index contributed by atoms with van der Waals surface area (Å²) in [6, 6.07) is 7.84. The van der Waals surface area contributed by atoms with Gasteiger partial charge in [-0.25, -0.2) is 18.1 Å². The quantitative estimate of drug-likeness (QED) is 0.732. The summed E-state index contributed by atoms with van der Waals surface area (Å²) in [5, 5.41) is 0.423. The Morgan fingerprint density at radius 1 is 1.19 bits per heavy atom. The van der Waals surface area contributed by atoms with Crippen LogP contribution in [-0.4, -0.2) is 23.9 Å². The third-order valence-electron chi connectivity index (χ3n) is 3.85. The maximum Gasteiger partial charge on any atom is 0.264 e. The van der Waals surface area contributed by atoms with Gasteiger partial charge in [0.15, 0.2) is 0 Å². The number of amides is 1. The zero-order chi connectivity index (χ0) is 19.1. The van der Waals surface area contributed by atoms with Crippen LogP contribution in [0.5, 0.6) is 0 Å². The summed E-state index contributed by atoms with van der Waals surface area (Å²) in [6.45, 7) is 4.89. The normalized spacial score (nSPS) is 11.7. The van der Waals surface area contributed by atoms with Crippen molar-refractivity contribution < 1.29 is 13.2 Å². The average molecular weight is 391 g/mol. The smallest absolute Gasteiger partial charge is 0.264 e. The second kappa shape index (κ2) is 6.65. The molecule has 3 rings (SSSR count). The second-order valence-electron chi connectivity index (χ2n) is 5.97. The van der Waals surface area contributed by atoms with Crippen molar-refractivity contribution in [2.75, 3.05) is 0 Å². The lowest BCUT2D eigenvalue weighted by Crippen LogP contribution is -2.37. The predicted octanol–water partition coefficient (Wildman–Crippen LogP) is 1.89. The van der Waals surface area contributed by atoms with Gasteiger partial charge in [0, 0.05) is 4.88 Å². The van der Waals surface area contributed by atoms with E-state index in [1.807, 2.05) is 18.6 Å². The first kappa shape index (κ1) is 18.3. The van der Waals surface area contributed by atoms with Crippen molar-refractivity contribution in [2.24, 2.45) is 0 Å². The zero-order valence-corrected chi connectivity index (χ0v) is 16.1. The van der Waals surface area contributed by atoms with Crippen LogP contribution in [0.4, 0.5) is 0 Å². The monoisotopic (exact) mass is 391 g/mol. The van der Waals surface area contributed by atoms with E-state index in [0.29, 0.717) is 16.0 Å². The maximum atomic E-state index is 12.6. The molecule has 1 N–H and O–H groups in total. The molecular formula is C17H17N3O4S2. The molecule has 0 atom stereocenters. The van der Waals surface area contributed by atoms with Crippen LogP contribution in [0.15, 0.2) is 40.0 Å².